The molecule has 0 unspecified atom stereocenters. The molecule has 4 heteroatoms. The Hall–Kier alpha value is -1.55. The summed E-state index contributed by atoms with van der Waals surface area (Å²) < 4.78 is 5.66. The highest BCUT2D eigenvalue weighted by molar-refractivity contribution is 5.93. The topological polar surface area (TPSA) is 50.4 Å². The number of aryl methyl sites for hydroxylation is 1. The maximum Gasteiger partial charge on any atom is 0.238 e. The van der Waals surface area contributed by atoms with Crippen LogP contribution in [-0.2, 0) is 4.79 Å². The van der Waals surface area contributed by atoms with Crippen molar-refractivity contribution in [2.24, 2.45) is 0 Å². The fourth-order valence-corrected chi connectivity index (χ4v) is 1.56. The first kappa shape index (κ1) is 15.5. The molecule has 0 heterocycles. The van der Waals surface area contributed by atoms with Gasteiger partial charge in [0.05, 0.1) is 18.8 Å². The molecule has 1 aromatic rings. The van der Waals surface area contributed by atoms with Crippen molar-refractivity contribution in [2.75, 3.05) is 18.5 Å². The molecule has 0 radical (unpaired) electrons. The van der Waals surface area contributed by atoms with Crippen molar-refractivity contribution in [3.8, 4) is 5.75 Å². The Morgan fingerprint density at radius 3 is 2.74 bits per heavy atom. The van der Waals surface area contributed by atoms with E-state index in [1.807, 2.05) is 39.0 Å². The summed E-state index contributed by atoms with van der Waals surface area (Å²) in [5.74, 6) is 0.679. The molecular formula is C15H24N2O2. The minimum absolute atomic E-state index is 0.0566. The first-order valence-electron chi connectivity index (χ1n) is 6.79. The van der Waals surface area contributed by atoms with Crippen LogP contribution in [0.1, 0.15) is 32.8 Å². The number of carbonyl (C=O) groups excluding carboxylic acids is 1. The summed E-state index contributed by atoms with van der Waals surface area (Å²) in [7, 11) is 0. The molecule has 1 amide bonds. The summed E-state index contributed by atoms with van der Waals surface area (Å²) in [5.41, 5.74) is 1.85. The van der Waals surface area contributed by atoms with E-state index in [1.165, 1.54) is 0 Å². The molecule has 0 atom stereocenters. The van der Waals surface area contributed by atoms with Crippen LogP contribution < -0.4 is 15.4 Å². The number of benzene rings is 1. The van der Waals surface area contributed by atoms with Gasteiger partial charge in [-0.3, -0.25) is 4.79 Å². The average Bonchev–Trinajstić information content (AvgIpc) is 2.36. The summed E-state index contributed by atoms with van der Waals surface area (Å²) in [6.45, 7) is 9.03. The molecule has 0 aliphatic carbocycles. The summed E-state index contributed by atoms with van der Waals surface area (Å²) in [6.07, 6.45) is 0.941. The van der Waals surface area contributed by atoms with Gasteiger partial charge < -0.3 is 15.4 Å². The van der Waals surface area contributed by atoms with Gasteiger partial charge in [-0.05, 0) is 31.0 Å². The molecule has 0 saturated carbocycles. The lowest BCUT2D eigenvalue weighted by Gasteiger charge is -2.14. The van der Waals surface area contributed by atoms with E-state index in [2.05, 4.69) is 17.6 Å². The fourth-order valence-electron chi connectivity index (χ4n) is 1.56. The largest absolute Gasteiger partial charge is 0.491 e. The van der Waals surface area contributed by atoms with Gasteiger partial charge >= 0.3 is 0 Å². The van der Waals surface area contributed by atoms with Crippen LogP contribution in [0.25, 0.3) is 0 Å². The molecule has 19 heavy (non-hydrogen) atoms. The fraction of sp³-hybridized carbons (Fsp3) is 0.533. The van der Waals surface area contributed by atoms with E-state index < -0.39 is 0 Å². The molecule has 0 spiro atoms. The van der Waals surface area contributed by atoms with Gasteiger partial charge in [0.1, 0.15) is 5.75 Å². The quantitative estimate of drug-likeness (QED) is 0.796. The number of rotatable bonds is 7. The Morgan fingerprint density at radius 2 is 2.11 bits per heavy atom. The maximum atomic E-state index is 11.8. The van der Waals surface area contributed by atoms with E-state index in [-0.39, 0.29) is 5.91 Å². The first-order chi connectivity index (χ1) is 9.02. The number of carbonyl (C=O) groups is 1. The highest BCUT2D eigenvalue weighted by Gasteiger charge is 2.08. The van der Waals surface area contributed by atoms with Crippen LogP contribution in [-0.4, -0.2) is 25.1 Å². The third kappa shape index (κ3) is 5.75. The average molecular weight is 264 g/mol. The van der Waals surface area contributed by atoms with E-state index in [1.54, 1.807) is 0 Å². The van der Waals surface area contributed by atoms with Crippen molar-refractivity contribution >= 4 is 11.6 Å². The second kappa shape index (κ2) is 7.79. The van der Waals surface area contributed by atoms with Crippen LogP contribution in [0.5, 0.6) is 5.75 Å². The first-order valence-corrected chi connectivity index (χ1v) is 6.79. The van der Waals surface area contributed by atoms with Crippen molar-refractivity contribution in [3.05, 3.63) is 23.8 Å². The Labute approximate surface area is 115 Å². The van der Waals surface area contributed by atoms with E-state index in [0.29, 0.717) is 19.2 Å². The van der Waals surface area contributed by atoms with Gasteiger partial charge in [0.25, 0.3) is 0 Å². The van der Waals surface area contributed by atoms with Crippen LogP contribution in [0.3, 0.4) is 0 Å². The van der Waals surface area contributed by atoms with Crippen LogP contribution in [0.4, 0.5) is 5.69 Å². The van der Waals surface area contributed by atoms with E-state index in [4.69, 9.17) is 4.74 Å². The SMILES string of the molecule is CCCOc1cc(C)ccc1NC(=O)CNC(C)C. The van der Waals surface area contributed by atoms with Gasteiger partial charge in [-0.1, -0.05) is 26.8 Å². The predicted octanol–water partition coefficient (Wildman–Crippen LogP) is 2.72. The smallest absolute Gasteiger partial charge is 0.238 e. The minimum atomic E-state index is -0.0566. The van der Waals surface area contributed by atoms with Gasteiger partial charge in [0, 0.05) is 6.04 Å². The number of ether oxygens (including phenoxy) is 1. The number of hydrogen-bond donors (Lipinski definition) is 2. The normalized spacial score (nSPS) is 10.6. The lowest BCUT2D eigenvalue weighted by Crippen LogP contribution is -2.32. The molecule has 0 saturated heterocycles. The molecule has 0 bridgehead atoms. The van der Waals surface area contributed by atoms with Gasteiger partial charge in [0.15, 0.2) is 0 Å². The highest BCUT2D eigenvalue weighted by Crippen LogP contribution is 2.25. The molecule has 0 aromatic heterocycles. The summed E-state index contributed by atoms with van der Waals surface area (Å²) in [5, 5.41) is 5.96. The number of amides is 1. The molecule has 1 aromatic carbocycles. The number of anilines is 1. The summed E-state index contributed by atoms with van der Waals surface area (Å²) in [4.78, 5) is 11.8. The molecule has 4 nitrogen and oxygen atoms in total. The van der Waals surface area contributed by atoms with Crippen LogP contribution in [0.15, 0.2) is 18.2 Å². The molecule has 0 aliphatic rings. The lowest BCUT2D eigenvalue weighted by molar-refractivity contribution is -0.115. The third-order valence-corrected chi connectivity index (χ3v) is 2.54. The zero-order chi connectivity index (χ0) is 14.3. The molecular weight excluding hydrogens is 240 g/mol. The van der Waals surface area contributed by atoms with Crippen molar-refractivity contribution in [1.29, 1.82) is 0 Å². The van der Waals surface area contributed by atoms with Crippen LogP contribution in [0, 0.1) is 6.92 Å². The third-order valence-electron chi connectivity index (χ3n) is 2.54. The molecule has 106 valence electrons. The second-order valence-corrected chi connectivity index (χ2v) is 4.93. The van der Waals surface area contributed by atoms with Gasteiger partial charge in [-0.25, -0.2) is 0 Å². The van der Waals surface area contributed by atoms with Gasteiger partial charge in [-0.15, -0.1) is 0 Å². The Bertz CT molecular complexity index is 417. The number of hydrogen-bond acceptors (Lipinski definition) is 3. The second-order valence-electron chi connectivity index (χ2n) is 4.93. The van der Waals surface area contributed by atoms with E-state index in [0.717, 1.165) is 23.4 Å². The van der Waals surface area contributed by atoms with Gasteiger partial charge in [0.2, 0.25) is 5.91 Å². The van der Waals surface area contributed by atoms with Crippen molar-refractivity contribution in [3.63, 3.8) is 0 Å². The molecule has 0 aliphatic heterocycles. The molecule has 2 N–H and O–H groups in total. The van der Waals surface area contributed by atoms with E-state index in [9.17, 15) is 4.79 Å². The Balaban J connectivity index is 2.68. The highest BCUT2D eigenvalue weighted by atomic mass is 16.5. The molecule has 1 rings (SSSR count). The molecule has 0 fully saturated rings. The maximum absolute atomic E-state index is 11.8. The monoisotopic (exact) mass is 264 g/mol. The summed E-state index contributed by atoms with van der Waals surface area (Å²) in [6, 6.07) is 6.08. The number of nitrogens with one attached hydrogen (secondary N) is 2. The van der Waals surface area contributed by atoms with Crippen LogP contribution >= 0.6 is 0 Å². The Kier molecular flexibility index (Phi) is 6.36. The van der Waals surface area contributed by atoms with E-state index >= 15 is 0 Å². The lowest BCUT2D eigenvalue weighted by atomic mass is 10.2. The zero-order valence-electron chi connectivity index (χ0n) is 12.2. The Morgan fingerprint density at radius 1 is 1.37 bits per heavy atom. The van der Waals surface area contributed by atoms with Crippen molar-refractivity contribution in [1.82, 2.24) is 5.32 Å². The minimum Gasteiger partial charge on any atom is -0.491 e. The zero-order valence-corrected chi connectivity index (χ0v) is 12.2. The van der Waals surface area contributed by atoms with Crippen molar-refractivity contribution in [2.45, 2.75) is 40.2 Å². The van der Waals surface area contributed by atoms with Crippen molar-refractivity contribution < 1.29 is 9.53 Å². The summed E-state index contributed by atoms with van der Waals surface area (Å²) >= 11 is 0. The predicted molar refractivity (Wildman–Crippen MR) is 78.7 cm³/mol. The van der Waals surface area contributed by atoms with Crippen LogP contribution in [0.2, 0.25) is 0 Å². The van der Waals surface area contributed by atoms with Gasteiger partial charge in [-0.2, -0.15) is 0 Å². The standard InChI is InChI=1S/C15H24N2O2/c1-5-8-19-14-9-12(4)6-7-13(14)17-15(18)10-16-11(2)3/h6-7,9,11,16H,5,8,10H2,1-4H3,(H,17,18).